The second-order valence-corrected chi connectivity index (χ2v) is 5.32. The molecule has 2 aromatic rings. The monoisotopic (exact) mass is 286 g/mol. The van der Waals surface area contributed by atoms with E-state index in [4.69, 9.17) is 0 Å². The fraction of sp³-hybridized carbons (Fsp3) is 0.0714. The smallest absolute Gasteiger partial charge is 0.427 e. The topological polar surface area (TPSA) is 35.8 Å². The van der Waals surface area contributed by atoms with Gasteiger partial charge in [-0.1, -0.05) is 12.1 Å². The first-order valence-corrected chi connectivity index (χ1v) is 7.36. The molecule has 1 aliphatic heterocycles. The molecule has 3 nitrogen and oxygen atoms in total. The molecule has 0 fully saturated rings. The molecule has 1 heterocycles. The molecule has 0 spiro atoms. The van der Waals surface area contributed by atoms with Crippen molar-refractivity contribution in [2.24, 2.45) is 5.10 Å². The minimum Gasteiger partial charge on any atom is -0.427 e. The van der Waals surface area contributed by atoms with Gasteiger partial charge in [0.05, 0.1) is 6.21 Å². The predicted octanol–water partition coefficient (Wildman–Crippen LogP) is 2.09. The highest BCUT2D eigenvalue weighted by atomic mass is 32.2. The van der Waals surface area contributed by atoms with Crippen LogP contribution in [0, 0.1) is 5.82 Å². The molecule has 0 amide bonds. The fourth-order valence-corrected chi connectivity index (χ4v) is 2.63. The van der Waals surface area contributed by atoms with Crippen LogP contribution >= 0.6 is 11.8 Å². The van der Waals surface area contributed by atoms with Crippen molar-refractivity contribution < 1.29 is 9.41 Å². The molecule has 3 rings (SSSR count). The van der Waals surface area contributed by atoms with Gasteiger partial charge in [0.2, 0.25) is 0 Å². The maximum atomic E-state index is 13.2. The van der Waals surface area contributed by atoms with Crippen molar-refractivity contribution >= 4 is 36.2 Å². The molecule has 0 aromatic heterocycles. The standard InChI is InChI=1S/C14H12BFN2OS/c1-20-13-4-2-3-12(8-13)18-15(19)14-6-5-11(16)7-10(14)9-17-18/h2-9,19H,1H3. The number of thioether (sulfide) groups is 1. The summed E-state index contributed by atoms with van der Waals surface area (Å²) >= 11 is 1.63. The van der Waals surface area contributed by atoms with Gasteiger partial charge in [0.1, 0.15) is 5.82 Å². The number of rotatable bonds is 2. The van der Waals surface area contributed by atoms with E-state index in [1.165, 1.54) is 17.1 Å². The lowest BCUT2D eigenvalue weighted by Gasteiger charge is -2.26. The minimum absolute atomic E-state index is 0.333. The lowest BCUT2D eigenvalue weighted by atomic mass is 9.69. The third-order valence-corrected chi connectivity index (χ3v) is 3.92. The predicted molar refractivity (Wildman–Crippen MR) is 82.3 cm³/mol. The van der Waals surface area contributed by atoms with Crippen molar-refractivity contribution in [1.82, 2.24) is 0 Å². The summed E-state index contributed by atoms with van der Waals surface area (Å²) in [5.74, 6) is -0.333. The lowest BCUT2D eigenvalue weighted by molar-refractivity contribution is 0.577. The molecule has 2 aromatic carbocycles. The quantitative estimate of drug-likeness (QED) is 0.678. The molecular weight excluding hydrogens is 274 g/mol. The van der Waals surface area contributed by atoms with Crippen LogP contribution in [0.1, 0.15) is 5.56 Å². The molecule has 0 bridgehead atoms. The Balaban J connectivity index is 2.00. The zero-order valence-corrected chi connectivity index (χ0v) is 11.6. The Labute approximate surface area is 121 Å². The normalized spacial score (nSPS) is 13.6. The molecule has 1 aliphatic rings. The molecule has 0 saturated heterocycles. The van der Waals surface area contributed by atoms with E-state index < -0.39 is 7.05 Å². The van der Waals surface area contributed by atoms with E-state index in [0.717, 1.165) is 10.6 Å². The van der Waals surface area contributed by atoms with Gasteiger partial charge in [-0.15, -0.1) is 11.8 Å². The first-order chi connectivity index (χ1) is 9.69. The van der Waals surface area contributed by atoms with Crippen molar-refractivity contribution in [1.29, 1.82) is 0 Å². The van der Waals surface area contributed by atoms with E-state index in [0.29, 0.717) is 11.0 Å². The Morgan fingerprint density at radius 1 is 1.25 bits per heavy atom. The van der Waals surface area contributed by atoms with Gasteiger partial charge >= 0.3 is 7.05 Å². The van der Waals surface area contributed by atoms with Crippen LogP contribution in [0.5, 0.6) is 0 Å². The fourth-order valence-electron chi connectivity index (χ4n) is 2.17. The van der Waals surface area contributed by atoms with Crippen molar-refractivity contribution in [3.05, 3.63) is 53.8 Å². The van der Waals surface area contributed by atoms with Crippen LogP contribution in [0.3, 0.4) is 0 Å². The maximum Gasteiger partial charge on any atom is 0.471 e. The highest BCUT2D eigenvalue weighted by molar-refractivity contribution is 7.98. The number of fused-ring (bicyclic) bond motifs is 1. The van der Waals surface area contributed by atoms with Gasteiger partial charge in [-0.25, -0.2) is 4.39 Å². The molecule has 0 unspecified atom stereocenters. The zero-order valence-electron chi connectivity index (χ0n) is 10.8. The summed E-state index contributed by atoms with van der Waals surface area (Å²) in [7, 11) is -0.910. The van der Waals surface area contributed by atoms with E-state index in [1.807, 2.05) is 30.5 Å². The van der Waals surface area contributed by atoms with E-state index in [9.17, 15) is 9.41 Å². The summed E-state index contributed by atoms with van der Waals surface area (Å²) in [6.45, 7) is 0. The number of nitrogens with zero attached hydrogens (tertiary/aromatic N) is 2. The SMILES string of the molecule is CSc1cccc(N2N=Cc3cc(F)ccc3B2O)c1. The Kier molecular flexibility index (Phi) is 3.50. The summed E-state index contributed by atoms with van der Waals surface area (Å²) in [5.41, 5.74) is 2.06. The van der Waals surface area contributed by atoms with Crippen LogP contribution in [-0.4, -0.2) is 24.5 Å². The van der Waals surface area contributed by atoms with Crippen molar-refractivity contribution in [3.8, 4) is 0 Å². The van der Waals surface area contributed by atoms with Gasteiger partial charge < -0.3 is 5.02 Å². The molecule has 100 valence electrons. The van der Waals surface area contributed by atoms with E-state index in [1.54, 1.807) is 24.0 Å². The third-order valence-electron chi connectivity index (χ3n) is 3.20. The molecule has 1 N–H and O–H groups in total. The minimum atomic E-state index is -0.910. The van der Waals surface area contributed by atoms with Crippen molar-refractivity contribution in [3.63, 3.8) is 0 Å². The zero-order chi connectivity index (χ0) is 14.1. The summed E-state index contributed by atoms with van der Waals surface area (Å²) < 4.78 is 13.2. The van der Waals surface area contributed by atoms with Gasteiger partial charge in [-0.2, -0.15) is 5.10 Å². The highest BCUT2D eigenvalue weighted by Crippen LogP contribution is 2.24. The number of hydrazone groups is 1. The van der Waals surface area contributed by atoms with Crippen LogP contribution in [0.2, 0.25) is 0 Å². The number of halogens is 1. The Hall–Kier alpha value is -1.79. The largest absolute Gasteiger partial charge is 0.471 e. The van der Waals surface area contributed by atoms with Crippen molar-refractivity contribution in [2.75, 3.05) is 11.2 Å². The van der Waals surface area contributed by atoms with Gasteiger partial charge in [0.15, 0.2) is 0 Å². The number of benzene rings is 2. The molecule has 0 atom stereocenters. The molecule has 0 radical (unpaired) electrons. The van der Waals surface area contributed by atoms with Crippen LogP contribution in [0.4, 0.5) is 10.1 Å². The molecule has 0 saturated carbocycles. The summed E-state index contributed by atoms with van der Waals surface area (Å²) in [4.78, 5) is 2.62. The van der Waals surface area contributed by atoms with Gasteiger partial charge in [-0.3, -0.25) is 4.92 Å². The van der Waals surface area contributed by atoms with Crippen LogP contribution in [-0.2, 0) is 0 Å². The lowest BCUT2D eigenvalue weighted by Crippen LogP contribution is -2.50. The number of hydrogen-bond acceptors (Lipinski definition) is 4. The van der Waals surface area contributed by atoms with E-state index in [-0.39, 0.29) is 5.82 Å². The van der Waals surface area contributed by atoms with Crippen LogP contribution in [0.25, 0.3) is 0 Å². The first kappa shape index (κ1) is 13.2. The Morgan fingerprint density at radius 2 is 2.10 bits per heavy atom. The molecule has 6 heteroatoms. The van der Waals surface area contributed by atoms with Crippen LogP contribution in [0.15, 0.2) is 52.5 Å². The van der Waals surface area contributed by atoms with E-state index in [2.05, 4.69) is 5.10 Å². The maximum absolute atomic E-state index is 13.2. The number of hydrogen-bond donors (Lipinski definition) is 1. The van der Waals surface area contributed by atoms with Crippen molar-refractivity contribution in [2.45, 2.75) is 4.90 Å². The summed E-state index contributed by atoms with van der Waals surface area (Å²) in [6.07, 6.45) is 3.56. The van der Waals surface area contributed by atoms with Gasteiger partial charge in [0, 0.05) is 10.6 Å². The third kappa shape index (κ3) is 2.32. The molecule has 0 aliphatic carbocycles. The average Bonchev–Trinajstić information content (AvgIpc) is 2.47. The Bertz CT molecular complexity index is 680. The Morgan fingerprint density at radius 3 is 2.90 bits per heavy atom. The second kappa shape index (κ2) is 5.30. The average molecular weight is 286 g/mol. The van der Waals surface area contributed by atoms with Gasteiger partial charge in [-0.05, 0) is 47.6 Å². The second-order valence-electron chi connectivity index (χ2n) is 4.44. The molecule has 20 heavy (non-hydrogen) atoms. The highest BCUT2D eigenvalue weighted by Gasteiger charge is 2.30. The van der Waals surface area contributed by atoms with Gasteiger partial charge in [0.25, 0.3) is 0 Å². The summed E-state index contributed by atoms with van der Waals surface area (Å²) in [5, 5.41) is 14.6. The van der Waals surface area contributed by atoms with E-state index >= 15 is 0 Å². The molecular formula is C14H12BFN2OS. The first-order valence-electron chi connectivity index (χ1n) is 6.14. The van der Waals surface area contributed by atoms with Crippen LogP contribution < -0.4 is 10.4 Å². The number of anilines is 1. The summed E-state index contributed by atoms with van der Waals surface area (Å²) in [6, 6.07) is 12.1.